The van der Waals surface area contributed by atoms with Crippen LogP contribution in [0.25, 0.3) is 0 Å². The molecule has 4 atom stereocenters. The zero-order chi connectivity index (χ0) is 10.1. The van der Waals surface area contributed by atoms with Crippen LogP contribution in [0.3, 0.4) is 0 Å². The van der Waals surface area contributed by atoms with Crippen LogP contribution in [0.15, 0.2) is 0 Å². The van der Waals surface area contributed by atoms with E-state index in [-0.39, 0.29) is 6.10 Å². The summed E-state index contributed by atoms with van der Waals surface area (Å²) in [5.74, 6) is 0. The van der Waals surface area contributed by atoms with Gasteiger partial charge < -0.3 is 9.84 Å². The van der Waals surface area contributed by atoms with Gasteiger partial charge in [0.05, 0.1) is 18.3 Å². The van der Waals surface area contributed by atoms with Crippen molar-refractivity contribution in [3.05, 3.63) is 0 Å². The number of nitrogens with zero attached hydrogens (tertiary/aromatic N) is 1. The molecular formula is C11H21NO2. The molecule has 0 amide bonds. The van der Waals surface area contributed by atoms with Crippen molar-refractivity contribution in [2.75, 3.05) is 13.1 Å². The minimum absolute atomic E-state index is 0.0616. The molecule has 1 saturated carbocycles. The first-order valence-corrected chi connectivity index (χ1v) is 5.72. The maximum Gasteiger partial charge on any atom is 0.0678 e. The minimum Gasteiger partial charge on any atom is -0.393 e. The Kier molecular flexibility index (Phi) is 3.10. The van der Waals surface area contributed by atoms with E-state index in [0.29, 0.717) is 18.2 Å². The Morgan fingerprint density at radius 2 is 1.79 bits per heavy atom. The van der Waals surface area contributed by atoms with Gasteiger partial charge in [-0.1, -0.05) is 0 Å². The minimum atomic E-state index is -0.0616. The van der Waals surface area contributed by atoms with Crippen LogP contribution in [0, 0.1) is 0 Å². The monoisotopic (exact) mass is 199 g/mol. The second-order valence-electron chi connectivity index (χ2n) is 4.83. The third kappa shape index (κ3) is 2.27. The lowest BCUT2D eigenvalue weighted by molar-refractivity contribution is -0.0805. The predicted octanol–water partition coefficient (Wildman–Crippen LogP) is 1.01. The molecule has 1 saturated heterocycles. The summed E-state index contributed by atoms with van der Waals surface area (Å²) in [7, 11) is 0. The summed E-state index contributed by atoms with van der Waals surface area (Å²) < 4.78 is 5.70. The lowest BCUT2D eigenvalue weighted by atomic mass is 10.1. The summed E-state index contributed by atoms with van der Waals surface area (Å²) in [5, 5.41) is 9.50. The van der Waals surface area contributed by atoms with Crippen LogP contribution < -0.4 is 0 Å². The van der Waals surface area contributed by atoms with Crippen molar-refractivity contribution in [3.63, 3.8) is 0 Å². The van der Waals surface area contributed by atoms with Gasteiger partial charge in [0.1, 0.15) is 0 Å². The highest BCUT2D eigenvalue weighted by molar-refractivity contribution is 4.86. The highest BCUT2D eigenvalue weighted by Crippen LogP contribution is 2.26. The van der Waals surface area contributed by atoms with E-state index in [9.17, 15) is 5.11 Å². The van der Waals surface area contributed by atoms with E-state index >= 15 is 0 Å². The molecule has 2 rings (SSSR count). The summed E-state index contributed by atoms with van der Waals surface area (Å²) in [6.07, 6.45) is 3.71. The SMILES string of the molecule is CC1CN(C2CCC(O)C2)CC(C)O1. The van der Waals surface area contributed by atoms with Gasteiger partial charge in [-0.05, 0) is 33.1 Å². The summed E-state index contributed by atoms with van der Waals surface area (Å²) in [5.41, 5.74) is 0. The first kappa shape index (κ1) is 10.4. The largest absolute Gasteiger partial charge is 0.393 e. The van der Waals surface area contributed by atoms with Crippen molar-refractivity contribution >= 4 is 0 Å². The van der Waals surface area contributed by atoms with Gasteiger partial charge in [-0.2, -0.15) is 0 Å². The molecule has 82 valence electrons. The second kappa shape index (κ2) is 4.17. The van der Waals surface area contributed by atoms with Gasteiger partial charge in [0.2, 0.25) is 0 Å². The van der Waals surface area contributed by atoms with E-state index in [1.54, 1.807) is 0 Å². The first-order valence-electron chi connectivity index (χ1n) is 5.72. The Morgan fingerprint density at radius 3 is 2.29 bits per heavy atom. The molecule has 0 aromatic heterocycles. The van der Waals surface area contributed by atoms with Gasteiger partial charge in [0, 0.05) is 19.1 Å². The van der Waals surface area contributed by atoms with Crippen LogP contribution in [0.4, 0.5) is 0 Å². The third-order valence-electron chi connectivity index (χ3n) is 3.34. The fourth-order valence-corrected chi connectivity index (χ4v) is 2.78. The quantitative estimate of drug-likeness (QED) is 0.684. The third-order valence-corrected chi connectivity index (χ3v) is 3.34. The van der Waals surface area contributed by atoms with Gasteiger partial charge in [-0.25, -0.2) is 0 Å². The van der Waals surface area contributed by atoms with E-state index in [1.165, 1.54) is 0 Å². The Balaban J connectivity index is 1.90. The molecule has 0 bridgehead atoms. The summed E-state index contributed by atoms with van der Waals surface area (Å²) in [4.78, 5) is 2.50. The van der Waals surface area contributed by atoms with Crippen LogP contribution in [0.1, 0.15) is 33.1 Å². The van der Waals surface area contributed by atoms with Crippen LogP contribution in [0.5, 0.6) is 0 Å². The van der Waals surface area contributed by atoms with E-state index < -0.39 is 0 Å². The van der Waals surface area contributed by atoms with Crippen LogP contribution in [0.2, 0.25) is 0 Å². The summed E-state index contributed by atoms with van der Waals surface area (Å²) in [6.45, 7) is 6.32. The Hall–Kier alpha value is -0.120. The number of aliphatic hydroxyl groups excluding tert-OH is 1. The summed E-state index contributed by atoms with van der Waals surface area (Å²) in [6, 6.07) is 0.596. The number of rotatable bonds is 1. The van der Waals surface area contributed by atoms with Crippen molar-refractivity contribution in [1.82, 2.24) is 4.90 Å². The zero-order valence-corrected chi connectivity index (χ0v) is 9.15. The van der Waals surface area contributed by atoms with E-state index in [0.717, 1.165) is 32.4 Å². The number of hydrogen-bond donors (Lipinski definition) is 1. The Morgan fingerprint density at radius 1 is 1.14 bits per heavy atom. The molecule has 14 heavy (non-hydrogen) atoms. The second-order valence-corrected chi connectivity index (χ2v) is 4.83. The van der Waals surface area contributed by atoms with Gasteiger partial charge in [0.25, 0.3) is 0 Å². The van der Waals surface area contributed by atoms with Gasteiger partial charge in [-0.15, -0.1) is 0 Å². The Bertz CT molecular complexity index is 188. The van der Waals surface area contributed by atoms with Crippen LogP contribution >= 0.6 is 0 Å². The molecular weight excluding hydrogens is 178 g/mol. The molecule has 0 aromatic rings. The number of aliphatic hydroxyl groups is 1. The van der Waals surface area contributed by atoms with E-state index in [2.05, 4.69) is 18.7 Å². The molecule has 0 aromatic carbocycles. The fourth-order valence-electron chi connectivity index (χ4n) is 2.78. The molecule has 0 spiro atoms. The van der Waals surface area contributed by atoms with Crippen molar-refractivity contribution in [2.45, 2.75) is 57.5 Å². The maximum absolute atomic E-state index is 9.50. The van der Waals surface area contributed by atoms with Crippen molar-refractivity contribution in [3.8, 4) is 0 Å². The summed E-state index contributed by atoms with van der Waals surface area (Å²) >= 11 is 0. The van der Waals surface area contributed by atoms with E-state index in [4.69, 9.17) is 4.74 Å². The topological polar surface area (TPSA) is 32.7 Å². The first-order chi connectivity index (χ1) is 6.65. The van der Waals surface area contributed by atoms with Crippen molar-refractivity contribution in [1.29, 1.82) is 0 Å². The molecule has 3 nitrogen and oxygen atoms in total. The molecule has 1 N–H and O–H groups in total. The molecule has 4 unspecified atom stereocenters. The molecule has 3 heteroatoms. The lowest BCUT2D eigenvalue weighted by Gasteiger charge is -2.38. The highest BCUT2D eigenvalue weighted by Gasteiger charge is 2.32. The normalized spacial score (nSPS) is 45.6. The predicted molar refractivity (Wildman–Crippen MR) is 55.2 cm³/mol. The molecule has 1 aliphatic carbocycles. The van der Waals surface area contributed by atoms with Crippen molar-refractivity contribution in [2.24, 2.45) is 0 Å². The van der Waals surface area contributed by atoms with Crippen molar-refractivity contribution < 1.29 is 9.84 Å². The molecule has 2 aliphatic rings. The number of hydrogen-bond acceptors (Lipinski definition) is 3. The molecule has 1 heterocycles. The molecule has 2 fully saturated rings. The Labute approximate surface area is 86.0 Å². The molecule has 1 aliphatic heterocycles. The van der Waals surface area contributed by atoms with Gasteiger partial charge in [-0.3, -0.25) is 4.90 Å². The maximum atomic E-state index is 9.50. The van der Waals surface area contributed by atoms with Crippen LogP contribution in [-0.2, 0) is 4.74 Å². The highest BCUT2D eigenvalue weighted by atomic mass is 16.5. The fraction of sp³-hybridized carbons (Fsp3) is 1.00. The smallest absolute Gasteiger partial charge is 0.0678 e. The van der Waals surface area contributed by atoms with Gasteiger partial charge >= 0.3 is 0 Å². The van der Waals surface area contributed by atoms with Gasteiger partial charge in [0.15, 0.2) is 0 Å². The standard InChI is InChI=1S/C11H21NO2/c1-8-6-12(7-9(2)14-8)10-3-4-11(13)5-10/h8-11,13H,3-7H2,1-2H3. The molecule has 0 radical (unpaired) electrons. The average Bonchev–Trinajstić information content (AvgIpc) is 2.50. The number of ether oxygens (including phenoxy) is 1. The number of morpholine rings is 1. The van der Waals surface area contributed by atoms with Crippen LogP contribution in [-0.4, -0.2) is 47.4 Å². The average molecular weight is 199 g/mol. The zero-order valence-electron chi connectivity index (χ0n) is 9.15. The van der Waals surface area contributed by atoms with E-state index in [1.807, 2.05) is 0 Å². The lowest BCUT2D eigenvalue weighted by Crippen LogP contribution is -2.49.